The highest BCUT2D eigenvalue weighted by atomic mass is 19.4. The third kappa shape index (κ3) is 4.85. The third-order valence-corrected chi connectivity index (χ3v) is 6.06. The second-order valence-electron chi connectivity index (χ2n) is 9.08. The van der Waals surface area contributed by atoms with Crippen LogP contribution in [0.15, 0.2) is 39.5 Å². The van der Waals surface area contributed by atoms with Gasteiger partial charge in [-0.2, -0.15) is 13.2 Å². The lowest BCUT2D eigenvalue weighted by molar-refractivity contribution is -0.922. The number of fused-ring (bicyclic) bond motifs is 1. The van der Waals surface area contributed by atoms with E-state index in [-0.39, 0.29) is 34.6 Å². The van der Waals surface area contributed by atoms with Crippen LogP contribution < -0.4 is 15.1 Å². The molecule has 1 aliphatic rings. The predicted molar refractivity (Wildman–Crippen MR) is 118 cm³/mol. The number of ether oxygens (including phenoxy) is 1. The van der Waals surface area contributed by atoms with Gasteiger partial charge in [-0.05, 0) is 62.1 Å². The Morgan fingerprint density at radius 2 is 1.88 bits per heavy atom. The lowest BCUT2D eigenvalue weighted by Crippen LogP contribution is -3.12. The zero-order valence-electron chi connectivity index (χ0n) is 18.8. The molecule has 1 fully saturated rings. The molecular weight excluding hydrogens is 435 g/mol. The van der Waals surface area contributed by atoms with Crippen LogP contribution in [0.5, 0.6) is 17.2 Å². The number of phenolic OH excluding ortho intramolecular Hbond substituents is 1. The summed E-state index contributed by atoms with van der Waals surface area (Å²) in [5.74, 6) is -2.01. The number of likely N-dealkylation sites (tertiary alicyclic amines) is 1. The van der Waals surface area contributed by atoms with Crippen LogP contribution in [0, 0.1) is 19.8 Å². The van der Waals surface area contributed by atoms with Crippen LogP contribution in [0.1, 0.15) is 42.2 Å². The Labute approximate surface area is 189 Å². The fraction of sp³-hybridized carbons (Fsp3) is 0.400. The Kier molecular flexibility index (Phi) is 6.14. The van der Waals surface area contributed by atoms with Crippen LogP contribution in [0.25, 0.3) is 11.0 Å². The smallest absolute Gasteiger partial charge is 0.453 e. The Morgan fingerprint density at radius 3 is 2.52 bits per heavy atom. The summed E-state index contributed by atoms with van der Waals surface area (Å²) in [6.07, 6.45) is -2.87. The minimum absolute atomic E-state index is 0.0559. The monoisotopic (exact) mass is 462 g/mol. The topological polar surface area (TPSA) is 64.1 Å². The van der Waals surface area contributed by atoms with Crippen molar-refractivity contribution in [2.75, 3.05) is 13.1 Å². The lowest BCUT2D eigenvalue weighted by atomic mass is 9.99. The van der Waals surface area contributed by atoms with E-state index in [0.717, 1.165) is 42.0 Å². The number of alkyl halides is 3. The molecule has 0 amide bonds. The number of benzene rings is 2. The summed E-state index contributed by atoms with van der Waals surface area (Å²) in [6.45, 7) is 7.63. The van der Waals surface area contributed by atoms with E-state index in [4.69, 9.17) is 9.15 Å². The van der Waals surface area contributed by atoms with Gasteiger partial charge < -0.3 is 19.2 Å². The van der Waals surface area contributed by atoms with Crippen molar-refractivity contribution >= 4 is 11.0 Å². The highest BCUT2D eigenvalue weighted by Crippen LogP contribution is 2.40. The zero-order valence-corrected chi connectivity index (χ0v) is 18.8. The van der Waals surface area contributed by atoms with Gasteiger partial charge in [0.2, 0.25) is 11.2 Å². The van der Waals surface area contributed by atoms with Crippen molar-refractivity contribution in [3.63, 3.8) is 0 Å². The van der Waals surface area contributed by atoms with Crippen molar-refractivity contribution < 1.29 is 32.3 Å². The molecule has 1 saturated heterocycles. The summed E-state index contributed by atoms with van der Waals surface area (Å²) >= 11 is 0. The van der Waals surface area contributed by atoms with Crippen LogP contribution >= 0.6 is 0 Å². The van der Waals surface area contributed by atoms with Crippen LogP contribution in [-0.2, 0) is 12.7 Å². The number of quaternary nitrogens is 1. The maximum Gasteiger partial charge on any atom is 0.453 e. The highest BCUT2D eigenvalue weighted by molar-refractivity contribution is 5.83. The van der Waals surface area contributed by atoms with Crippen LogP contribution in [0.4, 0.5) is 13.2 Å². The molecule has 2 heterocycles. The van der Waals surface area contributed by atoms with Crippen LogP contribution in [0.2, 0.25) is 0 Å². The average molecular weight is 462 g/mol. The number of hydrogen-bond donors (Lipinski definition) is 2. The molecule has 33 heavy (non-hydrogen) atoms. The molecule has 5 nitrogen and oxygen atoms in total. The third-order valence-electron chi connectivity index (χ3n) is 6.06. The molecule has 0 saturated carbocycles. The molecule has 0 bridgehead atoms. The number of hydrogen-bond acceptors (Lipinski definition) is 4. The number of rotatable bonds is 4. The van der Waals surface area contributed by atoms with E-state index in [9.17, 15) is 23.1 Å². The average Bonchev–Trinajstić information content (AvgIpc) is 2.70. The molecule has 0 spiro atoms. The van der Waals surface area contributed by atoms with Gasteiger partial charge in [0.25, 0.3) is 5.76 Å². The molecule has 1 unspecified atom stereocenters. The fourth-order valence-corrected chi connectivity index (χ4v) is 4.65. The minimum Gasteiger partial charge on any atom is -0.507 e. The van der Waals surface area contributed by atoms with E-state index in [0.29, 0.717) is 5.92 Å². The van der Waals surface area contributed by atoms with Gasteiger partial charge in [0.05, 0.1) is 24.0 Å². The first-order valence-corrected chi connectivity index (χ1v) is 11.0. The molecule has 0 radical (unpaired) electrons. The first-order valence-electron chi connectivity index (χ1n) is 11.0. The fourth-order valence-electron chi connectivity index (χ4n) is 4.65. The van der Waals surface area contributed by atoms with E-state index in [1.807, 2.05) is 6.07 Å². The molecule has 0 aliphatic carbocycles. The van der Waals surface area contributed by atoms with E-state index >= 15 is 0 Å². The van der Waals surface area contributed by atoms with E-state index in [1.165, 1.54) is 12.1 Å². The van der Waals surface area contributed by atoms with Crippen molar-refractivity contribution in [1.82, 2.24) is 0 Å². The second kappa shape index (κ2) is 8.74. The molecule has 1 aliphatic heterocycles. The SMILES string of the molecule is Cc1cc(C)cc(Oc2c(C(F)(F)F)oc3c(C[NH+]4CCC[C@@H](C)C4)c(O)ccc3c2=O)c1. The van der Waals surface area contributed by atoms with Gasteiger partial charge in [0.1, 0.15) is 18.0 Å². The van der Waals surface area contributed by atoms with E-state index in [1.54, 1.807) is 26.0 Å². The first-order chi connectivity index (χ1) is 15.5. The maximum absolute atomic E-state index is 14.0. The summed E-state index contributed by atoms with van der Waals surface area (Å²) in [4.78, 5) is 14.3. The number of phenols is 1. The quantitative estimate of drug-likeness (QED) is 0.588. The number of aryl methyl sites for hydroxylation is 2. The molecule has 176 valence electrons. The Balaban J connectivity index is 1.87. The zero-order chi connectivity index (χ0) is 23.9. The summed E-state index contributed by atoms with van der Waals surface area (Å²) < 4.78 is 52.7. The molecule has 2 aromatic carbocycles. The summed E-state index contributed by atoms with van der Waals surface area (Å²) in [5.41, 5.74) is 0.610. The number of piperidine rings is 1. The normalized spacial score (nSPS) is 19.1. The number of halogens is 3. The van der Waals surface area contributed by atoms with Gasteiger partial charge >= 0.3 is 6.18 Å². The second-order valence-corrected chi connectivity index (χ2v) is 9.08. The van der Waals surface area contributed by atoms with Gasteiger partial charge in [0.15, 0.2) is 5.58 Å². The van der Waals surface area contributed by atoms with Gasteiger partial charge in [-0.25, -0.2) is 0 Å². The molecular formula is C25H27F3NO4+. The van der Waals surface area contributed by atoms with Crippen molar-refractivity contribution in [1.29, 1.82) is 0 Å². The van der Waals surface area contributed by atoms with Crippen molar-refractivity contribution in [3.8, 4) is 17.2 Å². The predicted octanol–water partition coefficient (Wildman–Crippen LogP) is 4.74. The summed E-state index contributed by atoms with van der Waals surface area (Å²) in [5, 5.41) is 10.4. The van der Waals surface area contributed by atoms with Gasteiger partial charge in [0, 0.05) is 5.92 Å². The Morgan fingerprint density at radius 1 is 1.18 bits per heavy atom. The molecule has 1 aromatic heterocycles. The van der Waals surface area contributed by atoms with Gasteiger partial charge in [-0.15, -0.1) is 0 Å². The molecule has 8 heteroatoms. The van der Waals surface area contributed by atoms with E-state index < -0.39 is 23.1 Å². The molecule has 2 atom stereocenters. The van der Waals surface area contributed by atoms with E-state index in [2.05, 4.69) is 6.92 Å². The van der Waals surface area contributed by atoms with Crippen molar-refractivity contribution in [2.24, 2.45) is 5.92 Å². The summed E-state index contributed by atoms with van der Waals surface area (Å²) in [7, 11) is 0. The van der Waals surface area contributed by atoms with Crippen LogP contribution in [-0.4, -0.2) is 18.2 Å². The van der Waals surface area contributed by atoms with Crippen molar-refractivity contribution in [2.45, 2.75) is 46.3 Å². The number of nitrogens with one attached hydrogen (secondary N) is 1. The first kappa shape index (κ1) is 23.2. The highest BCUT2D eigenvalue weighted by Gasteiger charge is 2.41. The molecule has 3 aromatic rings. The minimum atomic E-state index is -4.96. The Hall–Kier alpha value is -3.00. The van der Waals surface area contributed by atoms with Gasteiger partial charge in [-0.1, -0.05) is 13.0 Å². The Bertz CT molecular complexity index is 1230. The molecule has 2 N–H and O–H groups in total. The van der Waals surface area contributed by atoms with Crippen molar-refractivity contribution in [3.05, 3.63) is 63.0 Å². The number of aromatic hydroxyl groups is 1. The maximum atomic E-state index is 14.0. The van der Waals surface area contributed by atoms with Gasteiger partial charge in [-0.3, -0.25) is 4.79 Å². The largest absolute Gasteiger partial charge is 0.507 e. The molecule has 4 rings (SSSR count). The summed E-state index contributed by atoms with van der Waals surface area (Å²) in [6, 6.07) is 7.57. The standard InChI is InChI=1S/C25H26F3NO4/c1-14-5-4-8-29(12-14)13-19-20(30)7-6-18-21(31)23(24(25(26,27)28)33-22(18)19)32-17-10-15(2)9-16(3)11-17/h6-7,9-11,14,30H,4-5,8,12-13H2,1-3H3/p+1/t14-/m1/s1. The lowest BCUT2D eigenvalue weighted by Gasteiger charge is -2.28. The van der Waals surface area contributed by atoms with Crippen LogP contribution in [0.3, 0.4) is 0 Å².